The number of rotatable bonds is 4. The van der Waals surface area contributed by atoms with Crippen molar-refractivity contribution in [1.82, 2.24) is 0 Å². The van der Waals surface area contributed by atoms with Gasteiger partial charge in [-0.05, 0) is 54.4 Å². The van der Waals surface area contributed by atoms with E-state index >= 15 is 0 Å². The van der Waals surface area contributed by atoms with Crippen LogP contribution >= 0.6 is 0 Å². The van der Waals surface area contributed by atoms with Gasteiger partial charge in [0.05, 0.1) is 17.4 Å². The first-order chi connectivity index (χ1) is 15.9. The van der Waals surface area contributed by atoms with Crippen molar-refractivity contribution < 1.29 is 19.2 Å². The van der Waals surface area contributed by atoms with E-state index < -0.39 is 18.1 Å². The lowest BCUT2D eigenvalue weighted by molar-refractivity contribution is -0.126. The lowest BCUT2D eigenvalue weighted by Gasteiger charge is -2.29. The SMILES string of the molecule is CC(=O)Nc1ccc([C@@H]2[C@H]3C(=O)N(c4cccc(C)c4)C(=O)[C@H]3ON2c2ccccc2)cc1. The van der Waals surface area contributed by atoms with Crippen LogP contribution in [0.5, 0.6) is 0 Å². The van der Waals surface area contributed by atoms with Crippen molar-refractivity contribution in [2.45, 2.75) is 26.0 Å². The van der Waals surface area contributed by atoms with Gasteiger partial charge < -0.3 is 5.32 Å². The Morgan fingerprint density at radius 2 is 1.58 bits per heavy atom. The Morgan fingerprint density at radius 1 is 0.879 bits per heavy atom. The Kier molecular flexibility index (Phi) is 5.18. The van der Waals surface area contributed by atoms with E-state index in [0.29, 0.717) is 11.4 Å². The van der Waals surface area contributed by atoms with Gasteiger partial charge in [-0.2, -0.15) is 0 Å². The summed E-state index contributed by atoms with van der Waals surface area (Å²) >= 11 is 0. The van der Waals surface area contributed by atoms with Crippen LogP contribution in [-0.4, -0.2) is 23.8 Å². The largest absolute Gasteiger partial charge is 0.326 e. The molecule has 2 heterocycles. The molecule has 0 spiro atoms. The number of hydrogen-bond acceptors (Lipinski definition) is 5. The second kappa shape index (κ2) is 8.18. The lowest BCUT2D eigenvalue weighted by Crippen LogP contribution is -2.37. The van der Waals surface area contributed by atoms with Crippen LogP contribution in [0, 0.1) is 12.8 Å². The van der Waals surface area contributed by atoms with Crippen molar-refractivity contribution in [1.29, 1.82) is 0 Å². The molecule has 33 heavy (non-hydrogen) atoms. The van der Waals surface area contributed by atoms with Crippen LogP contribution in [0.3, 0.4) is 0 Å². The highest BCUT2D eigenvalue weighted by atomic mass is 16.7. The first-order valence-corrected chi connectivity index (χ1v) is 10.8. The van der Waals surface area contributed by atoms with Gasteiger partial charge in [0, 0.05) is 12.6 Å². The predicted molar refractivity (Wildman–Crippen MR) is 124 cm³/mol. The van der Waals surface area contributed by atoms with Gasteiger partial charge in [-0.25, -0.2) is 9.96 Å². The maximum Gasteiger partial charge on any atom is 0.266 e. The van der Waals surface area contributed by atoms with E-state index in [0.717, 1.165) is 16.8 Å². The number of carbonyl (C=O) groups excluding carboxylic acids is 3. The Bertz CT molecular complexity index is 1230. The quantitative estimate of drug-likeness (QED) is 0.619. The van der Waals surface area contributed by atoms with E-state index in [1.807, 2.05) is 67.6 Å². The molecule has 3 aromatic carbocycles. The number of nitrogens with one attached hydrogen (secondary N) is 1. The molecule has 7 nitrogen and oxygen atoms in total. The number of fused-ring (bicyclic) bond motifs is 1. The highest BCUT2D eigenvalue weighted by Gasteiger charge is 2.60. The molecule has 5 rings (SSSR count). The van der Waals surface area contributed by atoms with E-state index in [-0.39, 0.29) is 17.7 Å². The molecule has 0 bridgehead atoms. The number of hydroxylamine groups is 1. The van der Waals surface area contributed by atoms with E-state index in [9.17, 15) is 14.4 Å². The Labute approximate surface area is 191 Å². The Balaban J connectivity index is 1.55. The fraction of sp³-hybridized carbons (Fsp3) is 0.192. The highest BCUT2D eigenvalue weighted by Crippen LogP contribution is 2.47. The molecule has 3 amide bonds. The maximum atomic E-state index is 13.6. The molecule has 2 saturated heterocycles. The van der Waals surface area contributed by atoms with E-state index in [1.165, 1.54) is 11.8 Å². The van der Waals surface area contributed by atoms with E-state index in [2.05, 4.69) is 5.32 Å². The molecule has 2 fully saturated rings. The van der Waals surface area contributed by atoms with Gasteiger partial charge in [0.25, 0.3) is 5.91 Å². The molecule has 3 aromatic rings. The molecule has 0 saturated carbocycles. The van der Waals surface area contributed by atoms with Crippen LogP contribution in [0.4, 0.5) is 17.1 Å². The third kappa shape index (κ3) is 3.66. The molecule has 7 heteroatoms. The summed E-state index contributed by atoms with van der Waals surface area (Å²) < 4.78 is 0. The number of carbonyl (C=O) groups is 3. The van der Waals surface area contributed by atoms with E-state index in [4.69, 9.17) is 4.84 Å². The fourth-order valence-electron chi connectivity index (χ4n) is 4.54. The van der Waals surface area contributed by atoms with Crippen LogP contribution in [0.15, 0.2) is 78.9 Å². The zero-order valence-electron chi connectivity index (χ0n) is 18.3. The van der Waals surface area contributed by atoms with Gasteiger partial charge in [-0.15, -0.1) is 0 Å². The smallest absolute Gasteiger partial charge is 0.266 e. The molecule has 1 N–H and O–H groups in total. The van der Waals surface area contributed by atoms with Crippen LogP contribution in [-0.2, 0) is 19.2 Å². The molecule has 0 aliphatic carbocycles. The molecule has 0 aromatic heterocycles. The van der Waals surface area contributed by atoms with Crippen molar-refractivity contribution in [3.8, 4) is 0 Å². The third-order valence-electron chi connectivity index (χ3n) is 5.96. The first-order valence-electron chi connectivity index (χ1n) is 10.8. The summed E-state index contributed by atoms with van der Waals surface area (Å²) in [4.78, 5) is 45.7. The van der Waals surface area contributed by atoms with Gasteiger partial charge in [0.1, 0.15) is 5.92 Å². The van der Waals surface area contributed by atoms with Crippen LogP contribution in [0.2, 0.25) is 0 Å². The van der Waals surface area contributed by atoms with Gasteiger partial charge in [-0.1, -0.05) is 42.5 Å². The summed E-state index contributed by atoms with van der Waals surface area (Å²) in [6.45, 7) is 3.37. The average Bonchev–Trinajstić information content (AvgIpc) is 3.31. The number of nitrogens with zero attached hydrogens (tertiary/aromatic N) is 2. The number of benzene rings is 3. The number of amides is 3. The number of anilines is 3. The minimum atomic E-state index is -0.918. The molecule has 0 unspecified atom stereocenters. The standard InChI is InChI=1S/C26H23N3O4/c1-16-7-6-10-21(15-16)28-25(31)22-23(18-11-13-19(14-12-18)27-17(2)30)29(33-24(22)26(28)32)20-8-4-3-5-9-20/h3-15,22-24H,1-2H3,(H,27,30)/t22-,23-,24+/m1/s1. The Hall–Kier alpha value is -3.97. The lowest BCUT2D eigenvalue weighted by atomic mass is 9.90. The molecular formula is C26H23N3O4. The highest BCUT2D eigenvalue weighted by molar-refractivity contribution is 6.24. The van der Waals surface area contributed by atoms with Gasteiger partial charge in [-0.3, -0.25) is 19.2 Å². The molecule has 0 radical (unpaired) electrons. The molecule has 2 aliphatic rings. The zero-order valence-corrected chi connectivity index (χ0v) is 18.3. The number of para-hydroxylation sites is 1. The summed E-state index contributed by atoms with van der Waals surface area (Å²) in [5, 5.41) is 4.41. The number of hydrogen-bond donors (Lipinski definition) is 1. The van der Waals surface area contributed by atoms with Crippen molar-refractivity contribution in [2.75, 3.05) is 15.3 Å². The number of imide groups is 1. The minimum absolute atomic E-state index is 0.164. The molecule has 2 aliphatic heterocycles. The van der Waals surface area contributed by atoms with Gasteiger partial charge in [0.2, 0.25) is 11.8 Å². The van der Waals surface area contributed by atoms with Gasteiger partial charge >= 0.3 is 0 Å². The van der Waals surface area contributed by atoms with Crippen molar-refractivity contribution in [2.24, 2.45) is 5.92 Å². The second-order valence-corrected chi connectivity index (χ2v) is 8.31. The Morgan fingerprint density at radius 3 is 2.24 bits per heavy atom. The molecular weight excluding hydrogens is 418 g/mol. The van der Waals surface area contributed by atoms with Crippen molar-refractivity contribution >= 4 is 34.8 Å². The first kappa shape index (κ1) is 20.9. The third-order valence-corrected chi connectivity index (χ3v) is 5.96. The number of aryl methyl sites for hydroxylation is 1. The monoisotopic (exact) mass is 441 g/mol. The van der Waals surface area contributed by atoms with Crippen molar-refractivity contribution in [3.05, 3.63) is 90.0 Å². The molecule has 166 valence electrons. The molecule has 3 atom stereocenters. The summed E-state index contributed by atoms with van der Waals surface area (Å²) in [7, 11) is 0. The van der Waals surface area contributed by atoms with Crippen LogP contribution < -0.4 is 15.3 Å². The van der Waals surface area contributed by atoms with Gasteiger partial charge in [0.15, 0.2) is 6.10 Å². The maximum absolute atomic E-state index is 13.6. The van der Waals surface area contributed by atoms with E-state index in [1.54, 1.807) is 23.3 Å². The summed E-state index contributed by atoms with van der Waals surface area (Å²) in [6, 6.07) is 23.5. The summed E-state index contributed by atoms with van der Waals surface area (Å²) in [6.07, 6.45) is -0.918. The topological polar surface area (TPSA) is 79.0 Å². The predicted octanol–water partition coefficient (Wildman–Crippen LogP) is 4.00. The fourth-order valence-corrected chi connectivity index (χ4v) is 4.54. The summed E-state index contributed by atoms with van der Waals surface area (Å²) in [5.74, 6) is -1.52. The normalized spacial score (nSPS) is 21.9. The van der Waals surface area contributed by atoms with Crippen LogP contribution in [0.1, 0.15) is 24.1 Å². The van der Waals surface area contributed by atoms with Crippen molar-refractivity contribution in [3.63, 3.8) is 0 Å². The second-order valence-electron chi connectivity index (χ2n) is 8.31. The summed E-state index contributed by atoms with van der Waals surface area (Å²) in [5.41, 5.74) is 3.73. The van der Waals surface area contributed by atoms with Crippen LogP contribution in [0.25, 0.3) is 0 Å². The average molecular weight is 441 g/mol. The zero-order chi connectivity index (χ0) is 23.1. The minimum Gasteiger partial charge on any atom is -0.326 e.